The van der Waals surface area contributed by atoms with Crippen LogP contribution in [0.15, 0.2) is 24.4 Å². The van der Waals surface area contributed by atoms with Gasteiger partial charge >= 0.3 is 5.97 Å². The summed E-state index contributed by atoms with van der Waals surface area (Å²) in [5, 5.41) is 8.68. The van der Waals surface area contributed by atoms with Crippen molar-refractivity contribution in [2.75, 3.05) is 0 Å². The molecule has 0 aliphatic heterocycles. The first-order valence-corrected chi connectivity index (χ1v) is 4.40. The highest BCUT2D eigenvalue weighted by atomic mass is 16.4. The van der Waals surface area contributed by atoms with E-state index in [-0.39, 0.29) is 5.92 Å². The average Bonchev–Trinajstić information content (AvgIpc) is 2.86. The summed E-state index contributed by atoms with van der Waals surface area (Å²) >= 11 is 0. The molecule has 0 saturated heterocycles. The van der Waals surface area contributed by atoms with Crippen LogP contribution in [0.2, 0.25) is 0 Å². The van der Waals surface area contributed by atoms with Gasteiger partial charge in [0, 0.05) is 11.9 Å². The van der Waals surface area contributed by atoms with E-state index >= 15 is 0 Å². The van der Waals surface area contributed by atoms with Crippen molar-refractivity contribution in [2.45, 2.75) is 12.8 Å². The molecule has 0 amide bonds. The minimum Gasteiger partial charge on any atom is -0.481 e. The number of pyridine rings is 1. The molecule has 0 spiro atoms. The van der Waals surface area contributed by atoms with Crippen LogP contribution in [-0.2, 0) is 11.2 Å². The van der Waals surface area contributed by atoms with E-state index in [0.717, 1.165) is 18.5 Å². The Morgan fingerprint density at radius 3 is 3.00 bits per heavy atom. The third-order valence-electron chi connectivity index (χ3n) is 2.44. The van der Waals surface area contributed by atoms with Crippen molar-refractivity contribution in [3.8, 4) is 0 Å². The lowest BCUT2D eigenvalue weighted by Crippen LogP contribution is -2.01. The Labute approximate surface area is 76.4 Å². The van der Waals surface area contributed by atoms with Crippen LogP contribution in [0.25, 0.3) is 0 Å². The van der Waals surface area contributed by atoms with Crippen molar-refractivity contribution in [3.63, 3.8) is 0 Å². The molecule has 1 aliphatic rings. The van der Waals surface area contributed by atoms with Crippen LogP contribution >= 0.6 is 0 Å². The van der Waals surface area contributed by atoms with E-state index in [1.54, 1.807) is 6.20 Å². The molecule has 2 rings (SSSR count). The van der Waals surface area contributed by atoms with Crippen LogP contribution in [0.5, 0.6) is 0 Å². The highest BCUT2D eigenvalue weighted by Gasteiger charge is 2.42. The number of carbonyl (C=O) groups is 1. The zero-order chi connectivity index (χ0) is 9.26. The van der Waals surface area contributed by atoms with Gasteiger partial charge in [0.05, 0.1) is 5.92 Å². The predicted molar refractivity (Wildman–Crippen MR) is 47.2 cm³/mol. The Morgan fingerprint density at radius 2 is 2.46 bits per heavy atom. The van der Waals surface area contributed by atoms with Gasteiger partial charge in [0.1, 0.15) is 0 Å². The molecule has 68 valence electrons. The maximum absolute atomic E-state index is 10.5. The normalized spacial score (nSPS) is 25.5. The first kappa shape index (κ1) is 8.23. The SMILES string of the molecule is O=C(O)C1CC1Cc1ccccn1. The first-order chi connectivity index (χ1) is 6.27. The maximum atomic E-state index is 10.5. The van der Waals surface area contributed by atoms with Gasteiger partial charge in [0.25, 0.3) is 0 Å². The summed E-state index contributed by atoms with van der Waals surface area (Å²) in [4.78, 5) is 14.7. The molecule has 1 heterocycles. The Balaban J connectivity index is 1.92. The molecule has 0 radical (unpaired) electrons. The molecule has 1 saturated carbocycles. The van der Waals surface area contributed by atoms with Crippen LogP contribution in [0.1, 0.15) is 12.1 Å². The van der Waals surface area contributed by atoms with E-state index in [1.807, 2.05) is 18.2 Å². The van der Waals surface area contributed by atoms with Gasteiger partial charge in [-0.1, -0.05) is 6.07 Å². The second-order valence-electron chi connectivity index (χ2n) is 3.47. The first-order valence-electron chi connectivity index (χ1n) is 4.40. The quantitative estimate of drug-likeness (QED) is 0.758. The summed E-state index contributed by atoms with van der Waals surface area (Å²) in [6.07, 6.45) is 3.36. The van der Waals surface area contributed by atoms with E-state index in [1.165, 1.54) is 0 Å². The molecule has 3 heteroatoms. The minimum atomic E-state index is -0.666. The Bertz CT molecular complexity index is 310. The molecule has 0 bridgehead atoms. The van der Waals surface area contributed by atoms with Crippen LogP contribution in [0.4, 0.5) is 0 Å². The second-order valence-corrected chi connectivity index (χ2v) is 3.47. The zero-order valence-electron chi connectivity index (χ0n) is 7.18. The summed E-state index contributed by atoms with van der Waals surface area (Å²) in [5.41, 5.74) is 0.997. The number of nitrogens with zero attached hydrogens (tertiary/aromatic N) is 1. The van der Waals surface area contributed by atoms with Crippen molar-refractivity contribution in [1.82, 2.24) is 4.98 Å². The number of rotatable bonds is 3. The molecular formula is C10H11NO2. The number of aromatic nitrogens is 1. The minimum absolute atomic E-state index is 0.123. The molecular weight excluding hydrogens is 166 g/mol. The number of carboxylic acid groups (broad SMARTS) is 1. The molecule has 1 N–H and O–H groups in total. The van der Waals surface area contributed by atoms with E-state index in [2.05, 4.69) is 4.98 Å². The Hall–Kier alpha value is -1.38. The second kappa shape index (κ2) is 3.17. The number of aliphatic carboxylic acids is 1. The van der Waals surface area contributed by atoms with Gasteiger partial charge in [0.2, 0.25) is 0 Å². The highest BCUT2D eigenvalue weighted by molar-refractivity contribution is 5.73. The van der Waals surface area contributed by atoms with Gasteiger partial charge in [-0.25, -0.2) is 0 Å². The number of hydrogen-bond donors (Lipinski definition) is 1. The molecule has 3 nitrogen and oxygen atoms in total. The van der Waals surface area contributed by atoms with E-state index in [0.29, 0.717) is 5.92 Å². The molecule has 13 heavy (non-hydrogen) atoms. The summed E-state index contributed by atoms with van der Waals surface area (Å²) in [6, 6.07) is 5.74. The van der Waals surface area contributed by atoms with Crippen LogP contribution in [0.3, 0.4) is 0 Å². The monoisotopic (exact) mass is 177 g/mol. The molecule has 1 aromatic heterocycles. The smallest absolute Gasteiger partial charge is 0.306 e. The van der Waals surface area contributed by atoms with E-state index in [9.17, 15) is 4.79 Å². The van der Waals surface area contributed by atoms with Crippen molar-refractivity contribution >= 4 is 5.97 Å². The molecule has 2 atom stereocenters. The summed E-state index contributed by atoms with van der Waals surface area (Å²) in [5.74, 6) is -0.477. The lowest BCUT2D eigenvalue weighted by molar-refractivity contribution is -0.138. The number of carboxylic acids is 1. The van der Waals surface area contributed by atoms with Gasteiger partial charge < -0.3 is 5.11 Å². The van der Waals surface area contributed by atoms with Gasteiger partial charge in [0.15, 0.2) is 0 Å². The average molecular weight is 177 g/mol. The molecule has 1 aliphatic carbocycles. The van der Waals surface area contributed by atoms with Gasteiger partial charge in [-0.3, -0.25) is 9.78 Å². The summed E-state index contributed by atoms with van der Waals surface area (Å²) in [6.45, 7) is 0. The molecule has 0 aromatic carbocycles. The highest BCUT2D eigenvalue weighted by Crippen LogP contribution is 2.40. The van der Waals surface area contributed by atoms with Gasteiger partial charge in [-0.2, -0.15) is 0 Å². The third kappa shape index (κ3) is 1.86. The Kier molecular flexibility index (Phi) is 2.00. The van der Waals surface area contributed by atoms with Crippen molar-refractivity contribution in [2.24, 2.45) is 11.8 Å². The topological polar surface area (TPSA) is 50.2 Å². The van der Waals surface area contributed by atoms with E-state index < -0.39 is 5.97 Å². The number of hydrogen-bond acceptors (Lipinski definition) is 2. The molecule has 2 unspecified atom stereocenters. The summed E-state index contributed by atoms with van der Waals surface area (Å²) < 4.78 is 0. The lowest BCUT2D eigenvalue weighted by atomic mass is 10.2. The lowest BCUT2D eigenvalue weighted by Gasteiger charge is -1.96. The molecule has 1 aromatic rings. The van der Waals surface area contributed by atoms with Crippen molar-refractivity contribution < 1.29 is 9.90 Å². The van der Waals surface area contributed by atoms with Crippen LogP contribution < -0.4 is 0 Å². The Morgan fingerprint density at radius 1 is 1.62 bits per heavy atom. The zero-order valence-corrected chi connectivity index (χ0v) is 7.18. The fraction of sp³-hybridized carbons (Fsp3) is 0.400. The van der Waals surface area contributed by atoms with E-state index in [4.69, 9.17) is 5.11 Å². The van der Waals surface area contributed by atoms with Gasteiger partial charge in [-0.15, -0.1) is 0 Å². The van der Waals surface area contributed by atoms with Crippen molar-refractivity contribution in [3.05, 3.63) is 30.1 Å². The summed E-state index contributed by atoms with van der Waals surface area (Å²) in [7, 11) is 0. The largest absolute Gasteiger partial charge is 0.481 e. The fourth-order valence-electron chi connectivity index (χ4n) is 1.56. The third-order valence-corrected chi connectivity index (χ3v) is 2.44. The van der Waals surface area contributed by atoms with Crippen LogP contribution in [-0.4, -0.2) is 16.1 Å². The van der Waals surface area contributed by atoms with Crippen molar-refractivity contribution in [1.29, 1.82) is 0 Å². The standard InChI is InChI=1S/C10H11NO2/c12-10(13)9-6-7(9)5-8-3-1-2-4-11-8/h1-4,7,9H,5-6H2,(H,12,13). The fourth-order valence-corrected chi connectivity index (χ4v) is 1.56. The van der Waals surface area contributed by atoms with Crippen LogP contribution in [0, 0.1) is 11.8 Å². The van der Waals surface area contributed by atoms with Gasteiger partial charge in [-0.05, 0) is 30.9 Å². The predicted octanol–water partition coefficient (Wildman–Crippen LogP) is 1.34. The maximum Gasteiger partial charge on any atom is 0.306 e. The molecule has 1 fully saturated rings.